The van der Waals surface area contributed by atoms with Gasteiger partial charge < -0.3 is 14.2 Å². The van der Waals surface area contributed by atoms with Gasteiger partial charge in [-0.25, -0.2) is 4.98 Å². The highest BCUT2D eigenvalue weighted by molar-refractivity contribution is 6.47. The van der Waals surface area contributed by atoms with E-state index in [0.717, 1.165) is 43.7 Å². The summed E-state index contributed by atoms with van der Waals surface area (Å²) >= 11 is 0. The normalized spacial score (nSPS) is 12.7. The summed E-state index contributed by atoms with van der Waals surface area (Å²) in [6, 6.07) is 24.6. The summed E-state index contributed by atoms with van der Waals surface area (Å²) in [5.41, 5.74) is 1.82. The van der Waals surface area contributed by atoms with Crippen LogP contribution >= 0.6 is 0 Å². The minimum absolute atomic E-state index is 0.604. The number of hydrogen-bond acceptors (Lipinski definition) is 4. The fraction of sp³-hybridized carbons (Fsp3) is 0.222. The van der Waals surface area contributed by atoms with Gasteiger partial charge in [-0.05, 0) is 62.1 Å². The molecule has 0 saturated heterocycles. The third kappa shape index (κ3) is 3.68. The number of aromatic nitrogens is 1. The minimum atomic E-state index is -0.968. The van der Waals surface area contributed by atoms with Gasteiger partial charge in [-0.15, -0.1) is 0 Å². The molecule has 1 N–H and O–H groups in total. The first-order valence-corrected chi connectivity index (χ1v) is 10.8. The van der Waals surface area contributed by atoms with Gasteiger partial charge in [0.15, 0.2) is 5.58 Å². The molecule has 1 heterocycles. The molecule has 159 valence electrons. The number of fused-ring (bicyclic) bond motifs is 4. The SMILES string of the molecule is CC(C)(O)C(C)(C)O[B]c1ccc2ccc(-c3nc4c(ccc5ccccc54)o3)cc2c1. The van der Waals surface area contributed by atoms with Crippen LogP contribution in [-0.2, 0) is 4.65 Å². The Labute approximate surface area is 188 Å². The third-order valence-corrected chi connectivity index (χ3v) is 6.36. The van der Waals surface area contributed by atoms with Crippen LogP contribution in [-0.4, -0.2) is 28.8 Å². The second-order valence-corrected chi connectivity index (χ2v) is 9.28. The molecule has 5 aromatic rings. The standard InChI is InChI=1S/C27H25BNO3/c1-26(2,30)27(3,4)32-28-21-13-11-17-9-10-19(15-20(17)16-21)25-29-24-22-8-6-5-7-18(22)12-14-23(24)31-25/h5-16,30H,1-4H3. The Hall–Kier alpha value is -3.15. The topological polar surface area (TPSA) is 55.5 Å². The monoisotopic (exact) mass is 422 g/mol. The maximum Gasteiger partial charge on any atom is 0.330 e. The van der Waals surface area contributed by atoms with E-state index < -0.39 is 11.2 Å². The van der Waals surface area contributed by atoms with E-state index in [9.17, 15) is 5.11 Å². The first kappa shape index (κ1) is 20.7. The number of benzene rings is 4. The zero-order valence-corrected chi connectivity index (χ0v) is 18.7. The van der Waals surface area contributed by atoms with Crippen LogP contribution in [0.15, 0.2) is 77.2 Å². The molecule has 32 heavy (non-hydrogen) atoms. The van der Waals surface area contributed by atoms with Crippen LogP contribution in [0.25, 0.3) is 44.1 Å². The molecule has 4 aromatic carbocycles. The van der Waals surface area contributed by atoms with Crippen LogP contribution in [0.2, 0.25) is 0 Å². The van der Waals surface area contributed by atoms with Gasteiger partial charge in [0, 0.05) is 10.9 Å². The maximum atomic E-state index is 10.3. The molecule has 0 unspecified atom stereocenters. The van der Waals surface area contributed by atoms with Gasteiger partial charge in [0.05, 0.1) is 11.2 Å². The van der Waals surface area contributed by atoms with Gasteiger partial charge in [-0.2, -0.15) is 0 Å². The van der Waals surface area contributed by atoms with Gasteiger partial charge in [0.25, 0.3) is 0 Å². The predicted molar refractivity (Wildman–Crippen MR) is 131 cm³/mol. The molecule has 0 bridgehead atoms. The number of aliphatic hydroxyl groups is 1. The molecule has 0 aliphatic carbocycles. The maximum absolute atomic E-state index is 10.3. The lowest BCUT2D eigenvalue weighted by atomic mass is 9.82. The summed E-state index contributed by atoms with van der Waals surface area (Å²) < 4.78 is 12.0. The van der Waals surface area contributed by atoms with Crippen LogP contribution in [0.1, 0.15) is 27.7 Å². The van der Waals surface area contributed by atoms with E-state index in [1.807, 2.05) is 44.2 Å². The average molecular weight is 422 g/mol. The van der Waals surface area contributed by atoms with Crippen LogP contribution in [0.5, 0.6) is 0 Å². The van der Waals surface area contributed by atoms with E-state index in [1.165, 1.54) is 0 Å². The molecular formula is C27H25BNO3. The summed E-state index contributed by atoms with van der Waals surface area (Å²) in [7, 11) is 1.70. The third-order valence-electron chi connectivity index (χ3n) is 6.36. The van der Waals surface area contributed by atoms with Crippen LogP contribution in [0.3, 0.4) is 0 Å². The number of hydrogen-bond donors (Lipinski definition) is 1. The quantitative estimate of drug-likeness (QED) is 0.374. The molecule has 5 rings (SSSR count). The zero-order chi connectivity index (χ0) is 22.5. The minimum Gasteiger partial charge on any atom is -0.436 e. The van der Waals surface area contributed by atoms with E-state index in [4.69, 9.17) is 14.1 Å². The summed E-state index contributed by atoms with van der Waals surface area (Å²) in [6.45, 7) is 7.24. The largest absolute Gasteiger partial charge is 0.436 e. The first-order chi connectivity index (χ1) is 15.2. The van der Waals surface area contributed by atoms with Crippen molar-refractivity contribution in [3.8, 4) is 11.5 Å². The van der Waals surface area contributed by atoms with Crippen molar-refractivity contribution in [2.24, 2.45) is 0 Å². The Balaban J connectivity index is 1.49. The Kier molecular flexibility index (Phi) is 4.84. The first-order valence-electron chi connectivity index (χ1n) is 10.8. The molecule has 1 radical (unpaired) electrons. The van der Waals surface area contributed by atoms with E-state index in [2.05, 4.69) is 42.5 Å². The van der Waals surface area contributed by atoms with E-state index in [-0.39, 0.29) is 0 Å². The molecule has 5 heteroatoms. The van der Waals surface area contributed by atoms with Crippen LogP contribution < -0.4 is 5.46 Å². The van der Waals surface area contributed by atoms with Gasteiger partial charge in [0.1, 0.15) is 5.52 Å². The molecule has 0 atom stereocenters. The average Bonchev–Trinajstić information content (AvgIpc) is 3.21. The summed E-state index contributed by atoms with van der Waals surface area (Å²) in [6.07, 6.45) is 0. The Morgan fingerprint density at radius 1 is 0.844 bits per heavy atom. The van der Waals surface area contributed by atoms with Crippen molar-refractivity contribution in [2.75, 3.05) is 0 Å². The second-order valence-electron chi connectivity index (χ2n) is 9.28. The van der Waals surface area contributed by atoms with Crippen molar-refractivity contribution in [1.82, 2.24) is 4.98 Å². The highest BCUT2D eigenvalue weighted by Crippen LogP contribution is 2.31. The van der Waals surface area contributed by atoms with Crippen LogP contribution in [0, 0.1) is 0 Å². The van der Waals surface area contributed by atoms with Crippen LogP contribution in [0.4, 0.5) is 0 Å². The summed E-state index contributed by atoms with van der Waals surface area (Å²) in [4.78, 5) is 4.81. The lowest BCUT2D eigenvalue weighted by Gasteiger charge is -2.37. The molecule has 1 aromatic heterocycles. The van der Waals surface area contributed by atoms with Crippen molar-refractivity contribution < 1.29 is 14.2 Å². The molecule has 0 aliphatic heterocycles. The van der Waals surface area contributed by atoms with Gasteiger partial charge in [-0.3, -0.25) is 0 Å². The van der Waals surface area contributed by atoms with E-state index >= 15 is 0 Å². The molecule has 0 amide bonds. The fourth-order valence-corrected chi connectivity index (χ4v) is 3.62. The Bertz CT molecular complexity index is 1450. The number of rotatable bonds is 5. The molecule has 0 fully saturated rings. The van der Waals surface area contributed by atoms with Crippen molar-refractivity contribution in [3.63, 3.8) is 0 Å². The van der Waals surface area contributed by atoms with E-state index in [1.54, 1.807) is 21.3 Å². The summed E-state index contributed by atoms with van der Waals surface area (Å²) in [5, 5.41) is 14.7. The molecule has 4 nitrogen and oxygen atoms in total. The predicted octanol–water partition coefficient (Wildman–Crippen LogP) is 5.61. The van der Waals surface area contributed by atoms with Gasteiger partial charge in [0.2, 0.25) is 5.89 Å². The highest BCUT2D eigenvalue weighted by Gasteiger charge is 2.35. The molecule has 0 aliphatic rings. The number of oxazole rings is 1. The van der Waals surface area contributed by atoms with Crippen molar-refractivity contribution in [1.29, 1.82) is 0 Å². The Morgan fingerprint density at radius 3 is 2.41 bits per heavy atom. The number of nitrogens with zero attached hydrogens (tertiary/aromatic N) is 1. The highest BCUT2D eigenvalue weighted by atomic mass is 16.5. The van der Waals surface area contributed by atoms with Crippen molar-refractivity contribution >= 4 is 45.6 Å². The summed E-state index contributed by atoms with van der Waals surface area (Å²) in [5.74, 6) is 0.604. The van der Waals surface area contributed by atoms with Gasteiger partial charge >= 0.3 is 7.48 Å². The lowest BCUT2D eigenvalue weighted by molar-refractivity contribution is -0.0893. The smallest absolute Gasteiger partial charge is 0.330 e. The van der Waals surface area contributed by atoms with E-state index in [0.29, 0.717) is 5.89 Å². The van der Waals surface area contributed by atoms with Crippen molar-refractivity contribution in [2.45, 2.75) is 38.9 Å². The Morgan fingerprint density at radius 2 is 1.59 bits per heavy atom. The lowest BCUT2D eigenvalue weighted by Crippen LogP contribution is -2.49. The van der Waals surface area contributed by atoms with Crippen molar-refractivity contribution in [3.05, 3.63) is 72.8 Å². The second kappa shape index (κ2) is 7.47. The molecule has 0 saturated carbocycles. The molecular weight excluding hydrogens is 397 g/mol. The zero-order valence-electron chi connectivity index (χ0n) is 18.7. The fourth-order valence-electron chi connectivity index (χ4n) is 3.62. The molecule has 0 spiro atoms. The van der Waals surface area contributed by atoms with Gasteiger partial charge in [-0.1, -0.05) is 60.1 Å².